The van der Waals surface area contributed by atoms with E-state index in [2.05, 4.69) is 19.6 Å². The zero-order valence-corrected chi connectivity index (χ0v) is 9.58. The van der Waals surface area contributed by atoms with E-state index in [1.165, 1.54) is 6.04 Å². The van der Waals surface area contributed by atoms with Crippen molar-refractivity contribution in [2.75, 3.05) is 6.61 Å². The zero-order chi connectivity index (χ0) is 7.33. The van der Waals surface area contributed by atoms with Gasteiger partial charge in [0.2, 0.25) is 0 Å². The first-order valence-electron chi connectivity index (χ1n) is 3.20. The van der Waals surface area contributed by atoms with Crippen molar-refractivity contribution in [2.24, 2.45) is 0 Å². The molecule has 0 bridgehead atoms. The Morgan fingerprint density at radius 2 is 2.00 bits per heavy atom. The van der Waals surface area contributed by atoms with E-state index in [0.717, 1.165) is 6.61 Å². The smallest absolute Gasteiger partial charge is 0.258 e. The Hall–Kier alpha value is 0.684. The summed E-state index contributed by atoms with van der Waals surface area (Å²) in [6.45, 7) is 7.91. The Kier molecular flexibility index (Phi) is 4.83. The van der Waals surface area contributed by atoms with E-state index in [0.29, 0.717) is 0 Å². The number of halogens is 1. The van der Waals surface area contributed by atoms with Crippen LogP contribution in [0.4, 0.5) is 0 Å². The standard InChI is InChI=1S/C5H15ClOSi2/c1-9(2,3)5-4-7-8-6/h4-5,8H2,1-3H3. The summed E-state index contributed by atoms with van der Waals surface area (Å²) in [5.74, 6) is 0. The van der Waals surface area contributed by atoms with Gasteiger partial charge in [-0.25, -0.2) is 0 Å². The van der Waals surface area contributed by atoms with Crippen LogP contribution in [0, 0.1) is 0 Å². The quantitative estimate of drug-likeness (QED) is 0.365. The van der Waals surface area contributed by atoms with Crippen molar-refractivity contribution in [3.63, 3.8) is 0 Å². The van der Waals surface area contributed by atoms with Gasteiger partial charge in [-0.1, -0.05) is 19.6 Å². The van der Waals surface area contributed by atoms with Crippen LogP contribution in [-0.4, -0.2) is 23.8 Å². The largest absolute Gasteiger partial charge is 0.408 e. The van der Waals surface area contributed by atoms with E-state index in [9.17, 15) is 0 Å². The Labute approximate surface area is 65.4 Å². The number of rotatable bonds is 4. The molecule has 4 heteroatoms. The lowest BCUT2D eigenvalue weighted by Crippen LogP contribution is -2.21. The highest BCUT2D eigenvalue weighted by atomic mass is 35.6. The van der Waals surface area contributed by atoms with Crippen molar-refractivity contribution in [3.8, 4) is 0 Å². The van der Waals surface area contributed by atoms with Crippen molar-refractivity contribution in [1.82, 2.24) is 0 Å². The molecule has 0 rings (SSSR count). The molecule has 0 aromatic heterocycles. The molecular formula is C5H15ClOSi2. The summed E-state index contributed by atoms with van der Waals surface area (Å²) in [6, 6.07) is 1.24. The molecule has 0 aliphatic carbocycles. The highest BCUT2D eigenvalue weighted by Crippen LogP contribution is 2.06. The van der Waals surface area contributed by atoms with E-state index >= 15 is 0 Å². The first kappa shape index (κ1) is 9.68. The second-order valence-corrected chi connectivity index (χ2v) is 10.2. The molecule has 0 heterocycles. The first-order chi connectivity index (χ1) is 4.06. The third-order valence-corrected chi connectivity index (χ3v) is 3.68. The lowest BCUT2D eigenvalue weighted by Gasteiger charge is -2.14. The van der Waals surface area contributed by atoms with E-state index in [4.69, 9.17) is 15.5 Å². The van der Waals surface area contributed by atoms with Crippen LogP contribution in [0.1, 0.15) is 0 Å². The maximum Gasteiger partial charge on any atom is 0.258 e. The normalized spacial score (nSPS) is 13.3. The van der Waals surface area contributed by atoms with Crippen molar-refractivity contribution in [2.45, 2.75) is 25.7 Å². The molecule has 1 nitrogen and oxygen atoms in total. The molecule has 0 aromatic rings. The third kappa shape index (κ3) is 8.68. The summed E-state index contributed by atoms with van der Waals surface area (Å²) in [5.41, 5.74) is 0. The summed E-state index contributed by atoms with van der Waals surface area (Å²) in [6.07, 6.45) is 0. The fourth-order valence-electron chi connectivity index (χ4n) is 0.433. The third-order valence-electron chi connectivity index (χ3n) is 1.07. The summed E-state index contributed by atoms with van der Waals surface area (Å²) in [5, 5.41) is 0. The molecule has 0 aliphatic heterocycles. The molecule has 0 amide bonds. The van der Waals surface area contributed by atoms with Crippen LogP contribution in [0.5, 0.6) is 0 Å². The zero-order valence-electron chi connectivity index (χ0n) is 6.41. The SMILES string of the molecule is C[Si](C)(C)CCO[SiH2]Cl. The van der Waals surface area contributed by atoms with Gasteiger partial charge in [-0.05, 0) is 6.04 Å². The summed E-state index contributed by atoms with van der Waals surface area (Å²) in [7, 11) is -1.52. The van der Waals surface area contributed by atoms with Gasteiger partial charge >= 0.3 is 0 Å². The van der Waals surface area contributed by atoms with Crippen LogP contribution in [0.25, 0.3) is 0 Å². The van der Waals surface area contributed by atoms with E-state index in [-0.39, 0.29) is 0 Å². The second kappa shape index (κ2) is 4.49. The van der Waals surface area contributed by atoms with Gasteiger partial charge in [-0.3, -0.25) is 0 Å². The second-order valence-electron chi connectivity index (χ2n) is 3.33. The minimum atomic E-state index is -0.856. The lowest BCUT2D eigenvalue weighted by molar-refractivity contribution is 0.368. The molecule has 0 aromatic carbocycles. The molecule has 0 saturated carbocycles. The Morgan fingerprint density at radius 1 is 1.44 bits per heavy atom. The van der Waals surface area contributed by atoms with Gasteiger partial charge in [0.15, 0.2) is 0 Å². The van der Waals surface area contributed by atoms with Crippen LogP contribution in [-0.2, 0) is 4.43 Å². The van der Waals surface area contributed by atoms with Gasteiger partial charge in [-0.15, -0.1) is 11.1 Å². The summed E-state index contributed by atoms with van der Waals surface area (Å²) >= 11 is 5.46. The minimum Gasteiger partial charge on any atom is -0.408 e. The molecular weight excluding hydrogens is 168 g/mol. The molecule has 0 N–H and O–H groups in total. The van der Waals surface area contributed by atoms with Crippen LogP contribution in [0.2, 0.25) is 25.7 Å². The van der Waals surface area contributed by atoms with Crippen LogP contribution < -0.4 is 0 Å². The summed E-state index contributed by atoms with van der Waals surface area (Å²) < 4.78 is 5.15. The van der Waals surface area contributed by atoms with Gasteiger partial charge in [0.25, 0.3) is 9.07 Å². The number of hydrogen-bond acceptors (Lipinski definition) is 1. The topological polar surface area (TPSA) is 9.23 Å². The van der Waals surface area contributed by atoms with E-state index in [1.807, 2.05) is 0 Å². The fraction of sp³-hybridized carbons (Fsp3) is 1.00. The predicted octanol–water partition coefficient (Wildman–Crippen LogP) is 1.58. The molecule has 0 fully saturated rings. The summed E-state index contributed by atoms with van der Waals surface area (Å²) in [4.78, 5) is 0. The van der Waals surface area contributed by atoms with Crippen molar-refractivity contribution >= 4 is 28.2 Å². The van der Waals surface area contributed by atoms with Gasteiger partial charge in [0, 0.05) is 14.7 Å². The molecule has 0 radical (unpaired) electrons. The van der Waals surface area contributed by atoms with Crippen LogP contribution >= 0.6 is 11.1 Å². The van der Waals surface area contributed by atoms with E-state index in [1.54, 1.807) is 0 Å². The van der Waals surface area contributed by atoms with Crippen LogP contribution in [0.15, 0.2) is 0 Å². The maximum absolute atomic E-state index is 5.46. The molecule has 0 aliphatic rings. The molecule has 0 spiro atoms. The average Bonchev–Trinajstić information content (AvgIpc) is 1.63. The Morgan fingerprint density at radius 3 is 2.33 bits per heavy atom. The highest BCUT2D eigenvalue weighted by molar-refractivity contribution is 6.90. The van der Waals surface area contributed by atoms with Gasteiger partial charge in [0.1, 0.15) is 0 Å². The van der Waals surface area contributed by atoms with E-state index < -0.39 is 17.1 Å². The van der Waals surface area contributed by atoms with Gasteiger partial charge in [-0.2, -0.15) is 0 Å². The van der Waals surface area contributed by atoms with Crippen molar-refractivity contribution < 1.29 is 4.43 Å². The van der Waals surface area contributed by atoms with Crippen molar-refractivity contribution in [1.29, 1.82) is 0 Å². The Bertz CT molecular complexity index is 71.8. The molecule has 56 valence electrons. The fourth-order valence-corrected chi connectivity index (χ4v) is 2.06. The molecule has 0 atom stereocenters. The first-order valence-corrected chi connectivity index (χ1v) is 9.62. The Balaban J connectivity index is 3.07. The maximum atomic E-state index is 5.46. The molecule has 0 saturated heterocycles. The minimum absolute atomic E-state index is 0.661. The van der Waals surface area contributed by atoms with Gasteiger partial charge in [0.05, 0.1) is 0 Å². The predicted molar refractivity (Wildman–Crippen MR) is 48.5 cm³/mol. The highest BCUT2D eigenvalue weighted by Gasteiger charge is 2.11. The number of hydrogen-bond donors (Lipinski definition) is 0. The molecule has 0 unspecified atom stereocenters. The monoisotopic (exact) mass is 182 g/mol. The van der Waals surface area contributed by atoms with Crippen LogP contribution in [0.3, 0.4) is 0 Å². The lowest BCUT2D eigenvalue weighted by atomic mass is 10.9. The van der Waals surface area contributed by atoms with Crippen molar-refractivity contribution in [3.05, 3.63) is 0 Å². The van der Waals surface area contributed by atoms with Gasteiger partial charge < -0.3 is 4.43 Å². The average molecular weight is 183 g/mol. The molecule has 9 heavy (non-hydrogen) atoms.